The van der Waals surface area contributed by atoms with E-state index in [0.717, 1.165) is 19.3 Å². The topological polar surface area (TPSA) is 87.4 Å². The highest BCUT2D eigenvalue weighted by Gasteiger charge is 2.27. The molecule has 1 aromatic heterocycles. The molecule has 2 rings (SSSR count). The van der Waals surface area contributed by atoms with Gasteiger partial charge in [-0.25, -0.2) is 4.79 Å². The summed E-state index contributed by atoms with van der Waals surface area (Å²) in [5, 5.41) is 18.8. The number of nitrogens with one attached hydrogen (secondary N) is 2. The number of urea groups is 1. The first kappa shape index (κ1) is 13.9. The molecule has 0 bridgehead atoms. The summed E-state index contributed by atoms with van der Waals surface area (Å²) in [6.45, 7) is 6.02. The summed E-state index contributed by atoms with van der Waals surface area (Å²) in [5.41, 5.74) is -0.148. The normalized spacial score (nSPS) is 23.4. The first-order valence-corrected chi connectivity index (χ1v) is 6.59. The van der Waals surface area contributed by atoms with E-state index in [1.165, 1.54) is 0 Å². The Morgan fingerprint density at radius 1 is 1.47 bits per heavy atom. The highest BCUT2D eigenvalue weighted by atomic mass is 16.5. The first-order chi connectivity index (χ1) is 8.86. The molecule has 2 amide bonds. The summed E-state index contributed by atoms with van der Waals surface area (Å²) in [5.74, 6) is 1.10. The zero-order valence-electron chi connectivity index (χ0n) is 11.6. The quantitative estimate of drug-likeness (QED) is 0.765. The third-order valence-electron chi connectivity index (χ3n) is 3.29. The number of rotatable bonds is 2. The van der Waals surface area contributed by atoms with Crippen molar-refractivity contribution in [1.82, 2.24) is 10.5 Å². The van der Waals surface area contributed by atoms with Crippen molar-refractivity contribution in [1.29, 1.82) is 0 Å². The van der Waals surface area contributed by atoms with Crippen LogP contribution in [0, 0.1) is 0 Å². The van der Waals surface area contributed by atoms with Crippen molar-refractivity contribution in [2.24, 2.45) is 0 Å². The maximum Gasteiger partial charge on any atom is 0.320 e. The average Bonchev–Trinajstić information content (AvgIpc) is 2.88. The van der Waals surface area contributed by atoms with Crippen LogP contribution in [0.2, 0.25) is 0 Å². The maximum absolute atomic E-state index is 11.8. The number of carbonyl (C=O) groups excluding carboxylic acids is 1. The van der Waals surface area contributed by atoms with Gasteiger partial charge in [-0.3, -0.25) is 5.32 Å². The molecular weight excluding hydrogens is 246 g/mol. The van der Waals surface area contributed by atoms with Crippen LogP contribution >= 0.6 is 0 Å². The summed E-state index contributed by atoms with van der Waals surface area (Å²) in [6.07, 6.45) is 2.03. The van der Waals surface area contributed by atoms with Gasteiger partial charge < -0.3 is 14.9 Å². The summed E-state index contributed by atoms with van der Waals surface area (Å²) >= 11 is 0. The van der Waals surface area contributed by atoms with Crippen LogP contribution in [0.5, 0.6) is 0 Å². The number of amides is 2. The highest BCUT2D eigenvalue weighted by molar-refractivity contribution is 5.88. The van der Waals surface area contributed by atoms with E-state index < -0.39 is 6.10 Å². The number of hydrogen-bond donors (Lipinski definition) is 3. The second kappa shape index (κ2) is 5.21. The Kier molecular flexibility index (Phi) is 3.80. The number of anilines is 1. The van der Waals surface area contributed by atoms with Gasteiger partial charge in [0, 0.05) is 11.5 Å². The Hall–Kier alpha value is -1.56. The molecule has 6 nitrogen and oxygen atoms in total. The SMILES string of the molecule is CC(C)(C)c1cc(NC(=O)N[C@H]2CCC[C@H]2O)no1. The second-order valence-electron chi connectivity index (χ2n) is 6.03. The zero-order chi connectivity index (χ0) is 14.0. The Labute approximate surface area is 112 Å². The van der Waals surface area contributed by atoms with Crippen molar-refractivity contribution < 1.29 is 14.4 Å². The molecule has 6 heteroatoms. The lowest BCUT2D eigenvalue weighted by Gasteiger charge is -2.16. The Balaban J connectivity index is 1.90. The fourth-order valence-electron chi connectivity index (χ4n) is 2.12. The lowest BCUT2D eigenvalue weighted by Crippen LogP contribution is -2.42. The van der Waals surface area contributed by atoms with Gasteiger partial charge >= 0.3 is 6.03 Å². The number of carbonyl (C=O) groups is 1. The Morgan fingerprint density at radius 3 is 2.74 bits per heavy atom. The molecule has 1 saturated carbocycles. The lowest BCUT2D eigenvalue weighted by atomic mass is 9.93. The predicted octanol–water partition coefficient (Wildman–Crippen LogP) is 2.01. The molecule has 19 heavy (non-hydrogen) atoms. The van der Waals surface area contributed by atoms with Gasteiger partial charge in [-0.15, -0.1) is 0 Å². The third kappa shape index (κ3) is 3.47. The number of aromatic nitrogens is 1. The molecule has 3 N–H and O–H groups in total. The van der Waals surface area contributed by atoms with E-state index >= 15 is 0 Å². The molecular formula is C13H21N3O3. The van der Waals surface area contributed by atoms with Gasteiger partial charge in [0.15, 0.2) is 5.82 Å². The van der Waals surface area contributed by atoms with Crippen molar-refractivity contribution in [2.75, 3.05) is 5.32 Å². The Bertz CT molecular complexity index is 450. The van der Waals surface area contributed by atoms with E-state index in [0.29, 0.717) is 11.6 Å². The van der Waals surface area contributed by atoms with Crippen LogP contribution in [0.25, 0.3) is 0 Å². The summed E-state index contributed by atoms with van der Waals surface area (Å²) < 4.78 is 5.18. The molecule has 1 fully saturated rings. The number of hydrogen-bond acceptors (Lipinski definition) is 4. The van der Waals surface area contributed by atoms with E-state index in [1.54, 1.807) is 6.07 Å². The molecule has 1 aromatic rings. The standard InChI is InChI=1S/C13H21N3O3/c1-13(2,3)10-7-11(16-19-10)15-12(18)14-8-5-4-6-9(8)17/h7-9,17H,4-6H2,1-3H3,(H2,14,15,16,18)/t8-,9+/m0/s1. The second-order valence-corrected chi connectivity index (χ2v) is 6.03. The van der Waals surface area contributed by atoms with Crippen LogP contribution in [0.15, 0.2) is 10.6 Å². The van der Waals surface area contributed by atoms with E-state index in [2.05, 4.69) is 15.8 Å². The summed E-state index contributed by atoms with van der Waals surface area (Å²) in [4.78, 5) is 11.8. The maximum atomic E-state index is 11.8. The van der Waals surface area contributed by atoms with E-state index in [4.69, 9.17) is 4.52 Å². The first-order valence-electron chi connectivity index (χ1n) is 6.59. The van der Waals surface area contributed by atoms with E-state index in [1.807, 2.05) is 20.8 Å². The van der Waals surface area contributed by atoms with Gasteiger partial charge in [0.2, 0.25) is 0 Å². The third-order valence-corrected chi connectivity index (χ3v) is 3.29. The van der Waals surface area contributed by atoms with Crippen molar-refractivity contribution in [2.45, 2.75) is 57.6 Å². The molecule has 1 aliphatic carbocycles. The smallest absolute Gasteiger partial charge is 0.320 e. The molecule has 0 radical (unpaired) electrons. The molecule has 0 spiro atoms. The van der Waals surface area contributed by atoms with E-state index in [9.17, 15) is 9.90 Å². The van der Waals surface area contributed by atoms with Gasteiger partial charge in [-0.1, -0.05) is 25.9 Å². The molecule has 106 valence electrons. The van der Waals surface area contributed by atoms with E-state index in [-0.39, 0.29) is 17.5 Å². The van der Waals surface area contributed by atoms with Crippen molar-refractivity contribution >= 4 is 11.8 Å². The van der Waals surface area contributed by atoms with Crippen LogP contribution in [0.1, 0.15) is 45.8 Å². The van der Waals surface area contributed by atoms with Crippen molar-refractivity contribution in [3.8, 4) is 0 Å². The minimum absolute atomic E-state index is 0.148. The van der Waals surface area contributed by atoms with Gasteiger partial charge in [0.1, 0.15) is 5.76 Å². The van der Waals surface area contributed by atoms with Crippen molar-refractivity contribution in [3.63, 3.8) is 0 Å². The predicted molar refractivity (Wildman–Crippen MR) is 71.0 cm³/mol. The molecule has 2 atom stereocenters. The number of nitrogens with zero attached hydrogens (tertiary/aromatic N) is 1. The molecule has 0 unspecified atom stereocenters. The van der Waals surface area contributed by atoms with Gasteiger partial charge in [0.25, 0.3) is 0 Å². The molecule has 0 aromatic carbocycles. The minimum Gasteiger partial charge on any atom is -0.391 e. The molecule has 1 heterocycles. The van der Waals surface area contributed by atoms with Crippen LogP contribution < -0.4 is 10.6 Å². The Morgan fingerprint density at radius 2 is 2.21 bits per heavy atom. The fourth-order valence-corrected chi connectivity index (χ4v) is 2.12. The highest BCUT2D eigenvalue weighted by Crippen LogP contribution is 2.24. The van der Waals surface area contributed by atoms with Crippen LogP contribution in [0.4, 0.5) is 10.6 Å². The summed E-state index contributed by atoms with van der Waals surface area (Å²) in [7, 11) is 0. The van der Waals surface area contributed by atoms with Gasteiger partial charge in [0.05, 0.1) is 12.1 Å². The molecule has 1 aliphatic rings. The lowest BCUT2D eigenvalue weighted by molar-refractivity contribution is 0.151. The molecule has 0 aliphatic heterocycles. The average molecular weight is 267 g/mol. The van der Waals surface area contributed by atoms with Crippen LogP contribution in [0.3, 0.4) is 0 Å². The molecule has 0 saturated heterocycles. The van der Waals surface area contributed by atoms with Gasteiger partial charge in [-0.2, -0.15) is 0 Å². The van der Waals surface area contributed by atoms with Crippen LogP contribution in [-0.4, -0.2) is 28.4 Å². The number of aliphatic hydroxyl groups excluding tert-OH is 1. The number of aliphatic hydroxyl groups is 1. The summed E-state index contributed by atoms with van der Waals surface area (Å²) in [6, 6.07) is 1.18. The largest absolute Gasteiger partial charge is 0.391 e. The van der Waals surface area contributed by atoms with Gasteiger partial charge in [-0.05, 0) is 19.3 Å². The monoisotopic (exact) mass is 267 g/mol. The zero-order valence-corrected chi connectivity index (χ0v) is 11.6. The van der Waals surface area contributed by atoms with Crippen LogP contribution in [-0.2, 0) is 5.41 Å². The minimum atomic E-state index is -0.451. The fraction of sp³-hybridized carbons (Fsp3) is 0.692. The van der Waals surface area contributed by atoms with Crippen molar-refractivity contribution in [3.05, 3.63) is 11.8 Å².